The molecule has 22 heavy (non-hydrogen) atoms. The molecule has 1 N–H and O–H groups in total. The molecule has 3 rings (SSSR count). The number of anilines is 1. The summed E-state index contributed by atoms with van der Waals surface area (Å²) in [4.78, 5) is 4.51. The van der Waals surface area contributed by atoms with E-state index in [2.05, 4.69) is 47.4 Å². The molecule has 3 aromatic rings. The number of para-hydroxylation sites is 2. The van der Waals surface area contributed by atoms with E-state index >= 15 is 0 Å². The SMILES string of the molecule is Cc1c(Br)cc(/C=N\Nc2nc3ccccc3n2C)cc1Br. The summed E-state index contributed by atoms with van der Waals surface area (Å²) in [7, 11) is 1.96. The van der Waals surface area contributed by atoms with Crippen molar-refractivity contribution >= 4 is 55.1 Å². The predicted octanol–water partition coefficient (Wildman–Crippen LogP) is 4.85. The molecule has 6 heteroatoms. The van der Waals surface area contributed by atoms with Crippen LogP contribution in [0.3, 0.4) is 0 Å². The minimum Gasteiger partial charge on any atom is -0.312 e. The van der Waals surface area contributed by atoms with Gasteiger partial charge >= 0.3 is 0 Å². The summed E-state index contributed by atoms with van der Waals surface area (Å²) >= 11 is 7.08. The summed E-state index contributed by atoms with van der Waals surface area (Å²) < 4.78 is 4.07. The Hall–Kier alpha value is -1.66. The average molecular weight is 422 g/mol. The standard InChI is InChI=1S/C16H14Br2N4/c1-10-12(17)7-11(8-13(10)18)9-19-21-16-20-14-5-3-4-6-15(14)22(16)2/h3-9H,1-2H3,(H,20,21)/b19-9-. The molecule has 1 heterocycles. The third-order valence-corrected chi connectivity index (χ3v) is 5.12. The fourth-order valence-electron chi connectivity index (χ4n) is 2.15. The Kier molecular flexibility index (Phi) is 4.31. The zero-order chi connectivity index (χ0) is 15.7. The van der Waals surface area contributed by atoms with Crippen molar-refractivity contribution in [1.29, 1.82) is 0 Å². The van der Waals surface area contributed by atoms with E-state index in [1.165, 1.54) is 5.56 Å². The van der Waals surface area contributed by atoms with Crippen LogP contribution in [0.1, 0.15) is 11.1 Å². The molecule has 0 bridgehead atoms. The van der Waals surface area contributed by atoms with Crippen LogP contribution in [-0.4, -0.2) is 15.8 Å². The van der Waals surface area contributed by atoms with Gasteiger partial charge in [0.25, 0.3) is 0 Å². The maximum Gasteiger partial charge on any atom is 0.224 e. The number of hydrazone groups is 1. The molecule has 4 nitrogen and oxygen atoms in total. The van der Waals surface area contributed by atoms with Crippen molar-refractivity contribution in [3.63, 3.8) is 0 Å². The zero-order valence-corrected chi connectivity index (χ0v) is 15.3. The fourth-order valence-corrected chi connectivity index (χ4v) is 3.37. The lowest BCUT2D eigenvalue weighted by Gasteiger charge is -2.04. The number of rotatable bonds is 3. The van der Waals surface area contributed by atoms with Crippen molar-refractivity contribution in [3.8, 4) is 0 Å². The van der Waals surface area contributed by atoms with E-state index in [1.807, 2.05) is 54.9 Å². The molecule has 0 saturated carbocycles. The van der Waals surface area contributed by atoms with Gasteiger partial charge in [-0.15, -0.1) is 0 Å². The van der Waals surface area contributed by atoms with Gasteiger partial charge in [0.1, 0.15) is 0 Å². The van der Waals surface area contributed by atoms with Gasteiger partial charge < -0.3 is 4.57 Å². The molecule has 2 aromatic carbocycles. The number of hydrogen-bond acceptors (Lipinski definition) is 3. The Morgan fingerprint density at radius 3 is 2.55 bits per heavy atom. The summed E-state index contributed by atoms with van der Waals surface area (Å²) in [5.41, 5.74) is 7.18. The van der Waals surface area contributed by atoms with Crippen molar-refractivity contribution in [3.05, 3.63) is 56.5 Å². The molecule has 1 aromatic heterocycles. The lowest BCUT2D eigenvalue weighted by Crippen LogP contribution is -1.99. The van der Waals surface area contributed by atoms with Gasteiger partial charge in [0, 0.05) is 16.0 Å². The highest BCUT2D eigenvalue weighted by Crippen LogP contribution is 2.25. The quantitative estimate of drug-likeness (QED) is 0.485. The summed E-state index contributed by atoms with van der Waals surface area (Å²) in [5, 5.41) is 4.28. The average Bonchev–Trinajstić information content (AvgIpc) is 2.82. The number of hydrogen-bond donors (Lipinski definition) is 1. The molecule has 0 spiro atoms. The Morgan fingerprint density at radius 2 is 1.86 bits per heavy atom. The second kappa shape index (κ2) is 6.22. The topological polar surface area (TPSA) is 42.2 Å². The van der Waals surface area contributed by atoms with Crippen LogP contribution in [-0.2, 0) is 7.05 Å². The van der Waals surface area contributed by atoms with Crippen LogP contribution in [0.5, 0.6) is 0 Å². The van der Waals surface area contributed by atoms with Crippen LogP contribution in [0.4, 0.5) is 5.95 Å². The molecule has 0 saturated heterocycles. The normalized spacial score (nSPS) is 11.5. The molecule has 0 fully saturated rings. The summed E-state index contributed by atoms with van der Waals surface area (Å²) in [6, 6.07) is 12.0. The Morgan fingerprint density at radius 1 is 1.18 bits per heavy atom. The van der Waals surface area contributed by atoms with Crippen LogP contribution in [0.25, 0.3) is 11.0 Å². The molecule has 0 amide bonds. The minimum atomic E-state index is 0.711. The number of nitrogens with one attached hydrogen (secondary N) is 1. The lowest BCUT2D eigenvalue weighted by molar-refractivity contribution is 0.943. The zero-order valence-electron chi connectivity index (χ0n) is 12.1. The Bertz CT molecular complexity index is 845. The van der Waals surface area contributed by atoms with Gasteiger partial charge in [0.2, 0.25) is 5.95 Å². The summed E-state index contributed by atoms with van der Waals surface area (Å²) in [6.07, 6.45) is 1.77. The molecule has 0 radical (unpaired) electrons. The first-order chi connectivity index (χ1) is 10.6. The number of halogens is 2. The molecule has 112 valence electrons. The highest BCUT2D eigenvalue weighted by atomic mass is 79.9. The third kappa shape index (κ3) is 2.94. The van der Waals surface area contributed by atoms with E-state index in [1.54, 1.807) is 6.21 Å². The highest BCUT2D eigenvalue weighted by Gasteiger charge is 2.05. The van der Waals surface area contributed by atoms with E-state index in [4.69, 9.17) is 0 Å². The predicted molar refractivity (Wildman–Crippen MR) is 98.5 cm³/mol. The number of fused-ring (bicyclic) bond motifs is 1. The minimum absolute atomic E-state index is 0.711. The van der Waals surface area contributed by atoms with Gasteiger partial charge in [0.05, 0.1) is 17.2 Å². The first-order valence-corrected chi connectivity index (χ1v) is 8.31. The van der Waals surface area contributed by atoms with Crippen LogP contribution in [0.15, 0.2) is 50.4 Å². The van der Waals surface area contributed by atoms with Crippen molar-refractivity contribution in [1.82, 2.24) is 9.55 Å². The van der Waals surface area contributed by atoms with E-state index in [0.717, 1.165) is 25.5 Å². The number of nitrogens with zero attached hydrogens (tertiary/aromatic N) is 3. The Balaban J connectivity index is 1.83. The molecule has 0 unspecified atom stereocenters. The highest BCUT2D eigenvalue weighted by molar-refractivity contribution is 9.11. The van der Waals surface area contributed by atoms with E-state index in [0.29, 0.717) is 5.95 Å². The maximum atomic E-state index is 4.51. The Labute approximate surface area is 145 Å². The van der Waals surface area contributed by atoms with Gasteiger partial charge in [0.15, 0.2) is 0 Å². The van der Waals surface area contributed by atoms with Crippen LogP contribution < -0.4 is 5.43 Å². The first-order valence-electron chi connectivity index (χ1n) is 6.72. The van der Waals surface area contributed by atoms with Crippen molar-refractivity contribution in [2.24, 2.45) is 12.1 Å². The van der Waals surface area contributed by atoms with Gasteiger partial charge in [-0.2, -0.15) is 5.10 Å². The number of imidazole rings is 1. The van der Waals surface area contributed by atoms with Crippen LogP contribution in [0, 0.1) is 6.92 Å². The first kappa shape index (κ1) is 15.2. The summed E-state index contributed by atoms with van der Waals surface area (Å²) in [5.74, 6) is 0.711. The third-order valence-electron chi connectivity index (χ3n) is 3.47. The van der Waals surface area contributed by atoms with E-state index in [9.17, 15) is 0 Å². The summed E-state index contributed by atoms with van der Waals surface area (Å²) in [6.45, 7) is 2.05. The molecular formula is C16H14Br2N4. The second-order valence-electron chi connectivity index (χ2n) is 4.96. The van der Waals surface area contributed by atoms with Crippen molar-refractivity contribution in [2.75, 3.05) is 5.43 Å². The maximum absolute atomic E-state index is 4.51. The smallest absolute Gasteiger partial charge is 0.224 e. The molecule has 0 aliphatic carbocycles. The molecular weight excluding hydrogens is 408 g/mol. The number of benzene rings is 2. The second-order valence-corrected chi connectivity index (χ2v) is 6.67. The fraction of sp³-hybridized carbons (Fsp3) is 0.125. The van der Waals surface area contributed by atoms with Crippen LogP contribution in [0.2, 0.25) is 0 Å². The monoisotopic (exact) mass is 420 g/mol. The van der Waals surface area contributed by atoms with E-state index in [-0.39, 0.29) is 0 Å². The van der Waals surface area contributed by atoms with Crippen LogP contribution >= 0.6 is 31.9 Å². The van der Waals surface area contributed by atoms with Gasteiger partial charge in [-0.05, 0) is 42.3 Å². The largest absolute Gasteiger partial charge is 0.312 e. The number of aryl methyl sites for hydroxylation is 1. The molecule has 0 atom stereocenters. The van der Waals surface area contributed by atoms with Gasteiger partial charge in [-0.25, -0.2) is 10.4 Å². The molecule has 0 aliphatic rings. The van der Waals surface area contributed by atoms with Crippen molar-refractivity contribution < 1.29 is 0 Å². The van der Waals surface area contributed by atoms with Gasteiger partial charge in [-0.3, -0.25) is 0 Å². The molecule has 0 aliphatic heterocycles. The van der Waals surface area contributed by atoms with Crippen molar-refractivity contribution in [2.45, 2.75) is 6.92 Å². The lowest BCUT2D eigenvalue weighted by atomic mass is 10.2. The van der Waals surface area contributed by atoms with Gasteiger partial charge in [-0.1, -0.05) is 44.0 Å². The number of aromatic nitrogens is 2. The van der Waals surface area contributed by atoms with E-state index < -0.39 is 0 Å².